The maximum atomic E-state index is 11.6. The van der Waals surface area contributed by atoms with Crippen LogP contribution in [0, 0.1) is 5.92 Å². The average Bonchev–Trinajstić information content (AvgIpc) is 2.27. The normalized spacial score (nSPS) is 23.5. The number of carbonyl (C=O) groups excluding carboxylic acids is 1. The molecule has 1 rings (SSSR count). The van der Waals surface area contributed by atoms with Gasteiger partial charge < -0.3 is 10.1 Å². The highest BCUT2D eigenvalue weighted by molar-refractivity contribution is 6.17. The molecule has 1 fully saturated rings. The molecule has 0 bridgehead atoms. The van der Waals surface area contributed by atoms with E-state index in [1.54, 1.807) is 0 Å². The molecule has 4 heteroatoms. The number of carbonyl (C=O) groups is 1. The maximum absolute atomic E-state index is 11.6. The first-order valence-electron chi connectivity index (χ1n) is 5.69. The van der Waals surface area contributed by atoms with Crippen LogP contribution in [0.1, 0.15) is 32.6 Å². The lowest BCUT2D eigenvalue weighted by Crippen LogP contribution is -2.40. The summed E-state index contributed by atoms with van der Waals surface area (Å²) >= 11 is 5.62. The second-order valence-corrected chi connectivity index (χ2v) is 4.56. The lowest BCUT2D eigenvalue weighted by atomic mass is 10.1. The Kier molecular flexibility index (Phi) is 6.03. The Morgan fingerprint density at radius 1 is 1.60 bits per heavy atom. The van der Waals surface area contributed by atoms with Crippen molar-refractivity contribution in [2.75, 3.05) is 19.0 Å². The van der Waals surface area contributed by atoms with Crippen LogP contribution in [0.25, 0.3) is 0 Å². The molecule has 0 spiro atoms. The van der Waals surface area contributed by atoms with Crippen LogP contribution in [-0.2, 0) is 9.53 Å². The van der Waals surface area contributed by atoms with E-state index in [0.29, 0.717) is 18.3 Å². The molecule has 2 atom stereocenters. The fourth-order valence-corrected chi connectivity index (χ4v) is 2.00. The Balaban J connectivity index is 2.16. The van der Waals surface area contributed by atoms with Crippen LogP contribution in [0.3, 0.4) is 0 Å². The van der Waals surface area contributed by atoms with E-state index < -0.39 is 0 Å². The summed E-state index contributed by atoms with van der Waals surface area (Å²) in [5.41, 5.74) is 0. The Labute approximate surface area is 96.5 Å². The minimum Gasteiger partial charge on any atom is -0.368 e. The number of rotatable bonds is 5. The fraction of sp³-hybridized carbons (Fsp3) is 0.909. The lowest BCUT2D eigenvalue weighted by molar-refractivity contribution is -0.135. The summed E-state index contributed by atoms with van der Waals surface area (Å²) in [7, 11) is 0. The zero-order chi connectivity index (χ0) is 11.1. The van der Waals surface area contributed by atoms with Gasteiger partial charge in [0.2, 0.25) is 5.91 Å². The predicted octanol–water partition coefficient (Wildman–Crippen LogP) is 1.94. The van der Waals surface area contributed by atoms with E-state index in [1.807, 2.05) is 0 Å². The average molecular weight is 234 g/mol. The van der Waals surface area contributed by atoms with Crippen LogP contribution >= 0.6 is 11.6 Å². The van der Waals surface area contributed by atoms with E-state index in [0.717, 1.165) is 32.3 Å². The van der Waals surface area contributed by atoms with Crippen LogP contribution in [0.5, 0.6) is 0 Å². The summed E-state index contributed by atoms with van der Waals surface area (Å²) in [6.07, 6.45) is 3.74. The van der Waals surface area contributed by atoms with Crippen molar-refractivity contribution in [2.45, 2.75) is 38.7 Å². The van der Waals surface area contributed by atoms with Gasteiger partial charge in [0.1, 0.15) is 6.10 Å². The highest BCUT2D eigenvalue weighted by atomic mass is 35.5. The molecule has 0 aromatic rings. The summed E-state index contributed by atoms with van der Waals surface area (Å²) in [6, 6.07) is 0. The summed E-state index contributed by atoms with van der Waals surface area (Å²) in [5, 5.41) is 2.91. The van der Waals surface area contributed by atoms with Crippen molar-refractivity contribution >= 4 is 17.5 Å². The quantitative estimate of drug-likeness (QED) is 0.737. The number of hydrogen-bond donors (Lipinski definition) is 1. The minimum atomic E-state index is -0.220. The molecular weight excluding hydrogens is 214 g/mol. The molecule has 0 radical (unpaired) electrons. The van der Waals surface area contributed by atoms with Gasteiger partial charge in [-0.15, -0.1) is 11.6 Å². The Morgan fingerprint density at radius 2 is 2.40 bits per heavy atom. The van der Waals surface area contributed by atoms with Crippen LogP contribution in [0.4, 0.5) is 0 Å². The van der Waals surface area contributed by atoms with E-state index in [9.17, 15) is 4.79 Å². The van der Waals surface area contributed by atoms with Gasteiger partial charge in [0.05, 0.1) is 0 Å². The molecule has 1 aliphatic rings. The van der Waals surface area contributed by atoms with Gasteiger partial charge in [0.25, 0.3) is 0 Å². The molecular formula is C11H20ClNO2. The van der Waals surface area contributed by atoms with Gasteiger partial charge in [-0.1, -0.05) is 6.92 Å². The van der Waals surface area contributed by atoms with Crippen molar-refractivity contribution in [1.29, 1.82) is 0 Å². The predicted molar refractivity (Wildman–Crippen MR) is 61.1 cm³/mol. The molecule has 0 saturated carbocycles. The molecule has 1 aliphatic heterocycles. The molecule has 15 heavy (non-hydrogen) atoms. The largest absolute Gasteiger partial charge is 0.368 e. The van der Waals surface area contributed by atoms with Crippen LogP contribution in [0.15, 0.2) is 0 Å². The summed E-state index contributed by atoms with van der Waals surface area (Å²) < 4.78 is 5.39. The third kappa shape index (κ3) is 4.85. The van der Waals surface area contributed by atoms with Crippen molar-refractivity contribution in [2.24, 2.45) is 5.92 Å². The first kappa shape index (κ1) is 12.8. The highest BCUT2D eigenvalue weighted by Crippen LogP contribution is 2.12. The van der Waals surface area contributed by atoms with E-state index in [4.69, 9.17) is 16.3 Å². The third-order valence-corrected chi connectivity index (χ3v) is 2.92. The van der Waals surface area contributed by atoms with Gasteiger partial charge in [-0.25, -0.2) is 0 Å². The SMILES string of the molecule is CC(CCCl)CNC(=O)C1CCCCO1. The van der Waals surface area contributed by atoms with E-state index in [1.165, 1.54) is 0 Å². The molecule has 0 aromatic heterocycles. The third-order valence-electron chi connectivity index (χ3n) is 2.70. The van der Waals surface area contributed by atoms with Crippen molar-refractivity contribution < 1.29 is 9.53 Å². The Bertz CT molecular complexity index is 193. The second kappa shape index (κ2) is 7.07. The van der Waals surface area contributed by atoms with Crippen molar-refractivity contribution in [3.8, 4) is 0 Å². The van der Waals surface area contributed by atoms with Gasteiger partial charge in [-0.05, 0) is 31.6 Å². The smallest absolute Gasteiger partial charge is 0.249 e. The van der Waals surface area contributed by atoms with E-state index in [-0.39, 0.29) is 12.0 Å². The Morgan fingerprint density at radius 3 is 3.00 bits per heavy atom. The summed E-state index contributed by atoms with van der Waals surface area (Å²) in [4.78, 5) is 11.6. The first-order chi connectivity index (χ1) is 7.24. The zero-order valence-electron chi connectivity index (χ0n) is 9.30. The summed E-state index contributed by atoms with van der Waals surface area (Å²) in [6.45, 7) is 3.51. The number of alkyl halides is 1. The standard InChI is InChI=1S/C11H20ClNO2/c1-9(5-6-12)8-13-11(14)10-4-2-3-7-15-10/h9-10H,2-8H2,1H3,(H,13,14). The highest BCUT2D eigenvalue weighted by Gasteiger charge is 2.21. The fourth-order valence-electron chi connectivity index (χ4n) is 1.62. The van der Waals surface area contributed by atoms with Gasteiger partial charge in [-0.2, -0.15) is 0 Å². The van der Waals surface area contributed by atoms with Crippen molar-refractivity contribution in [1.82, 2.24) is 5.32 Å². The van der Waals surface area contributed by atoms with Crippen LogP contribution in [0.2, 0.25) is 0 Å². The number of nitrogens with one attached hydrogen (secondary N) is 1. The molecule has 2 unspecified atom stereocenters. The van der Waals surface area contributed by atoms with Gasteiger partial charge in [0.15, 0.2) is 0 Å². The lowest BCUT2D eigenvalue weighted by Gasteiger charge is -2.22. The second-order valence-electron chi connectivity index (χ2n) is 4.18. The molecule has 1 amide bonds. The molecule has 0 aromatic carbocycles. The summed E-state index contributed by atoms with van der Waals surface area (Å²) in [5.74, 6) is 1.13. The molecule has 1 heterocycles. The minimum absolute atomic E-state index is 0.0381. The molecule has 1 saturated heterocycles. The van der Waals surface area contributed by atoms with Crippen LogP contribution in [-0.4, -0.2) is 31.0 Å². The number of halogens is 1. The number of amides is 1. The Hall–Kier alpha value is -0.280. The molecule has 1 N–H and O–H groups in total. The monoisotopic (exact) mass is 233 g/mol. The van der Waals surface area contributed by atoms with Gasteiger partial charge >= 0.3 is 0 Å². The van der Waals surface area contributed by atoms with E-state index in [2.05, 4.69) is 12.2 Å². The molecule has 88 valence electrons. The maximum Gasteiger partial charge on any atom is 0.249 e. The zero-order valence-corrected chi connectivity index (χ0v) is 10.1. The number of ether oxygens (including phenoxy) is 1. The topological polar surface area (TPSA) is 38.3 Å². The van der Waals surface area contributed by atoms with Gasteiger partial charge in [-0.3, -0.25) is 4.79 Å². The number of hydrogen-bond acceptors (Lipinski definition) is 2. The van der Waals surface area contributed by atoms with Gasteiger partial charge in [0, 0.05) is 19.0 Å². The van der Waals surface area contributed by atoms with Crippen molar-refractivity contribution in [3.05, 3.63) is 0 Å². The first-order valence-corrected chi connectivity index (χ1v) is 6.22. The molecule has 0 aliphatic carbocycles. The van der Waals surface area contributed by atoms with E-state index >= 15 is 0 Å². The van der Waals surface area contributed by atoms with Crippen molar-refractivity contribution in [3.63, 3.8) is 0 Å². The molecule has 3 nitrogen and oxygen atoms in total. The van der Waals surface area contributed by atoms with Crippen LogP contribution < -0.4 is 5.32 Å².